The molecule has 0 unspecified atom stereocenters. The molecule has 0 N–H and O–H groups in total. The highest BCUT2D eigenvalue weighted by Gasteiger charge is 2.25. The summed E-state index contributed by atoms with van der Waals surface area (Å²) in [5, 5.41) is 0.440. The Labute approximate surface area is 145 Å². The fourth-order valence-corrected chi connectivity index (χ4v) is 3.81. The number of carbonyl (C=O) groups excluding carboxylic acids is 2. The Morgan fingerprint density at radius 2 is 2.04 bits per heavy atom. The van der Waals surface area contributed by atoms with Gasteiger partial charge in [-0.05, 0) is 30.7 Å². The Balaban J connectivity index is 1.71. The van der Waals surface area contributed by atoms with Crippen molar-refractivity contribution in [2.75, 3.05) is 18.1 Å². The lowest BCUT2D eigenvalue weighted by molar-refractivity contribution is -0.121. The van der Waals surface area contributed by atoms with Crippen LogP contribution in [0.15, 0.2) is 47.5 Å². The number of nitrogens with zero attached hydrogens (tertiary/aromatic N) is 2. The molecule has 5 nitrogen and oxygen atoms in total. The molecular formula is C18H20N2O3S. The first-order valence-corrected chi connectivity index (χ1v) is 8.78. The SMILES string of the molecule is C[C@@H]1CCN(C(=O)COC(=O)c2cccn2C)c2ccccc2S1. The second kappa shape index (κ2) is 7.13. The first-order valence-electron chi connectivity index (χ1n) is 7.91. The number of thioether (sulfide) groups is 1. The molecular weight excluding hydrogens is 324 g/mol. The van der Waals surface area contributed by atoms with Crippen LogP contribution in [0.4, 0.5) is 5.69 Å². The van der Waals surface area contributed by atoms with Crippen molar-refractivity contribution in [2.45, 2.75) is 23.5 Å². The van der Waals surface area contributed by atoms with E-state index in [0.29, 0.717) is 17.5 Å². The maximum atomic E-state index is 12.6. The zero-order chi connectivity index (χ0) is 17.1. The van der Waals surface area contributed by atoms with E-state index in [1.807, 2.05) is 24.3 Å². The number of ether oxygens (including phenoxy) is 1. The molecule has 24 heavy (non-hydrogen) atoms. The van der Waals surface area contributed by atoms with Crippen LogP contribution in [0.1, 0.15) is 23.8 Å². The van der Waals surface area contributed by atoms with Crippen molar-refractivity contribution >= 4 is 29.3 Å². The first kappa shape index (κ1) is 16.6. The Bertz CT molecular complexity index is 756. The first-order chi connectivity index (χ1) is 11.6. The number of esters is 1. The molecule has 0 saturated carbocycles. The van der Waals surface area contributed by atoms with Gasteiger partial charge in [-0.15, -0.1) is 11.8 Å². The molecule has 3 rings (SSSR count). The molecule has 2 heterocycles. The molecule has 126 valence electrons. The second-order valence-corrected chi connectivity index (χ2v) is 7.29. The molecule has 0 saturated heterocycles. The molecule has 0 radical (unpaired) electrons. The van der Waals surface area contributed by atoms with Crippen molar-refractivity contribution in [3.63, 3.8) is 0 Å². The van der Waals surface area contributed by atoms with Crippen LogP contribution in [0.5, 0.6) is 0 Å². The van der Waals surface area contributed by atoms with E-state index in [9.17, 15) is 9.59 Å². The third-order valence-electron chi connectivity index (χ3n) is 4.02. The van der Waals surface area contributed by atoms with Gasteiger partial charge in [0, 0.05) is 29.9 Å². The van der Waals surface area contributed by atoms with Crippen molar-refractivity contribution in [3.05, 3.63) is 48.3 Å². The monoisotopic (exact) mass is 344 g/mol. The van der Waals surface area contributed by atoms with Crippen molar-refractivity contribution < 1.29 is 14.3 Å². The van der Waals surface area contributed by atoms with Crippen molar-refractivity contribution in [1.29, 1.82) is 0 Å². The van der Waals surface area contributed by atoms with E-state index < -0.39 is 5.97 Å². The Morgan fingerprint density at radius 3 is 2.79 bits per heavy atom. The maximum Gasteiger partial charge on any atom is 0.355 e. The van der Waals surface area contributed by atoms with Crippen LogP contribution in [0, 0.1) is 0 Å². The van der Waals surface area contributed by atoms with Crippen LogP contribution in [0.25, 0.3) is 0 Å². The highest BCUT2D eigenvalue weighted by molar-refractivity contribution is 8.00. The third kappa shape index (κ3) is 3.48. The second-order valence-electron chi connectivity index (χ2n) is 5.81. The van der Waals surface area contributed by atoms with Gasteiger partial charge in [-0.25, -0.2) is 4.79 Å². The summed E-state index contributed by atoms with van der Waals surface area (Å²) in [4.78, 5) is 27.5. The molecule has 2 aromatic rings. The van der Waals surface area contributed by atoms with Crippen LogP contribution < -0.4 is 4.90 Å². The van der Waals surface area contributed by atoms with Gasteiger partial charge >= 0.3 is 5.97 Å². The van der Waals surface area contributed by atoms with E-state index in [0.717, 1.165) is 17.0 Å². The van der Waals surface area contributed by atoms with Gasteiger partial charge < -0.3 is 14.2 Å². The van der Waals surface area contributed by atoms with Gasteiger partial charge in [0.2, 0.25) is 0 Å². The normalized spacial score (nSPS) is 17.1. The van der Waals surface area contributed by atoms with E-state index in [4.69, 9.17) is 4.74 Å². The van der Waals surface area contributed by atoms with Crippen LogP contribution >= 0.6 is 11.8 Å². The zero-order valence-electron chi connectivity index (χ0n) is 13.8. The topological polar surface area (TPSA) is 51.5 Å². The van der Waals surface area contributed by atoms with Crippen LogP contribution in [-0.4, -0.2) is 34.8 Å². The minimum absolute atomic E-state index is 0.195. The summed E-state index contributed by atoms with van der Waals surface area (Å²) in [6.07, 6.45) is 2.67. The summed E-state index contributed by atoms with van der Waals surface area (Å²) in [6, 6.07) is 11.3. The number of fused-ring (bicyclic) bond motifs is 1. The maximum absolute atomic E-state index is 12.6. The van der Waals surface area contributed by atoms with E-state index in [2.05, 4.69) is 6.92 Å². The summed E-state index contributed by atoms with van der Waals surface area (Å²) < 4.78 is 6.88. The van der Waals surface area contributed by atoms with E-state index in [-0.39, 0.29) is 12.5 Å². The quantitative estimate of drug-likeness (QED) is 0.803. The number of anilines is 1. The van der Waals surface area contributed by atoms with Gasteiger partial charge in [-0.3, -0.25) is 4.79 Å². The van der Waals surface area contributed by atoms with Crippen molar-refractivity contribution in [1.82, 2.24) is 4.57 Å². The number of amides is 1. The molecule has 1 amide bonds. The summed E-state index contributed by atoms with van der Waals surface area (Å²) >= 11 is 1.77. The van der Waals surface area contributed by atoms with Crippen LogP contribution in [0.2, 0.25) is 0 Å². The minimum atomic E-state index is -0.485. The number of aromatic nitrogens is 1. The van der Waals surface area contributed by atoms with Gasteiger partial charge in [0.05, 0.1) is 5.69 Å². The van der Waals surface area contributed by atoms with Crippen molar-refractivity contribution in [2.24, 2.45) is 7.05 Å². The number of hydrogen-bond acceptors (Lipinski definition) is 4. The molecule has 0 bridgehead atoms. The molecule has 0 aliphatic carbocycles. The molecule has 0 spiro atoms. The van der Waals surface area contributed by atoms with E-state index in [1.54, 1.807) is 46.6 Å². The van der Waals surface area contributed by atoms with Gasteiger partial charge in [-0.2, -0.15) is 0 Å². The lowest BCUT2D eigenvalue weighted by atomic mass is 10.2. The minimum Gasteiger partial charge on any atom is -0.451 e. The van der Waals surface area contributed by atoms with E-state index >= 15 is 0 Å². The summed E-state index contributed by atoms with van der Waals surface area (Å²) in [7, 11) is 1.77. The fraction of sp³-hybridized carbons (Fsp3) is 0.333. The average molecular weight is 344 g/mol. The predicted octanol–water partition coefficient (Wildman–Crippen LogP) is 3.10. The highest BCUT2D eigenvalue weighted by Crippen LogP contribution is 2.37. The van der Waals surface area contributed by atoms with Gasteiger partial charge in [0.25, 0.3) is 5.91 Å². The van der Waals surface area contributed by atoms with Gasteiger partial charge in [0.1, 0.15) is 5.69 Å². The third-order valence-corrected chi connectivity index (χ3v) is 5.26. The fourth-order valence-electron chi connectivity index (χ4n) is 2.70. The number of benzene rings is 1. The number of rotatable bonds is 3. The molecule has 1 aromatic carbocycles. The van der Waals surface area contributed by atoms with Crippen LogP contribution in [-0.2, 0) is 16.6 Å². The summed E-state index contributed by atoms with van der Waals surface area (Å²) in [5.74, 6) is -0.679. The molecule has 6 heteroatoms. The molecule has 0 fully saturated rings. The number of carbonyl (C=O) groups is 2. The predicted molar refractivity (Wildman–Crippen MR) is 94.4 cm³/mol. The molecule has 1 aliphatic heterocycles. The molecule has 1 atom stereocenters. The lowest BCUT2D eigenvalue weighted by Gasteiger charge is -2.22. The summed E-state index contributed by atoms with van der Waals surface area (Å²) in [5.41, 5.74) is 1.33. The van der Waals surface area contributed by atoms with Gasteiger partial charge in [0.15, 0.2) is 6.61 Å². The lowest BCUT2D eigenvalue weighted by Crippen LogP contribution is -2.36. The molecule has 1 aliphatic rings. The zero-order valence-corrected chi connectivity index (χ0v) is 14.6. The van der Waals surface area contributed by atoms with Crippen molar-refractivity contribution in [3.8, 4) is 0 Å². The van der Waals surface area contributed by atoms with Gasteiger partial charge in [-0.1, -0.05) is 19.1 Å². The number of para-hydroxylation sites is 1. The summed E-state index contributed by atoms with van der Waals surface area (Å²) in [6.45, 7) is 2.54. The van der Waals surface area contributed by atoms with E-state index in [1.165, 1.54) is 0 Å². The smallest absolute Gasteiger partial charge is 0.355 e. The largest absolute Gasteiger partial charge is 0.451 e. The number of hydrogen-bond donors (Lipinski definition) is 0. The Kier molecular flexibility index (Phi) is 4.94. The Hall–Kier alpha value is -2.21. The molecule has 1 aromatic heterocycles. The number of aryl methyl sites for hydroxylation is 1. The van der Waals surface area contributed by atoms with Crippen LogP contribution in [0.3, 0.4) is 0 Å². The Morgan fingerprint density at radius 1 is 1.25 bits per heavy atom. The average Bonchev–Trinajstić information content (AvgIpc) is 2.92. The highest BCUT2D eigenvalue weighted by atomic mass is 32.2. The standard InChI is InChI=1S/C18H20N2O3S/c1-13-9-11-20(14-6-3-4-8-16(14)24-13)17(21)12-23-18(22)15-7-5-10-19(15)2/h3-8,10,13H,9,11-12H2,1-2H3/t13-/m1/s1.